The van der Waals surface area contributed by atoms with Crippen LogP contribution in [0, 0.1) is 0 Å². The summed E-state index contributed by atoms with van der Waals surface area (Å²) in [7, 11) is 0. The average molecular weight is 507 g/mol. The Labute approximate surface area is 203 Å². The SMILES string of the molecule is CC(=O)N/C(=C(\O)C(CCO)OC(O)/C(NC(C)=O)=C(\O)[C@@H](O)CCO)C(O)OC1CCCCC1. The van der Waals surface area contributed by atoms with Crippen LogP contribution in [0.15, 0.2) is 22.9 Å². The van der Waals surface area contributed by atoms with Crippen LogP contribution in [0.25, 0.3) is 0 Å². The molecule has 1 aliphatic carbocycles. The van der Waals surface area contributed by atoms with Gasteiger partial charge < -0.3 is 55.9 Å². The fourth-order valence-corrected chi connectivity index (χ4v) is 3.56. The summed E-state index contributed by atoms with van der Waals surface area (Å²) in [5.74, 6) is -3.05. The lowest BCUT2D eigenvalue weighted by molar-refractivity contribution is -0.140. The highest BCUT2D eigenvalue weighted by Crippen LogP contribution is 2.25. The maximum Gasteiger partial charge on any atom is 0.221 e. The predicted octanol–water partition coefficient (Wildman–Crippen LogP) is -0.705. The van der Waals surface area contributed by atoms with E-state index in [1.807, 2.05) is 0 Å². The molecule has 2 amide bonds. The standard InChI is InChI=1S/C22H38N2O11/c1-12(27)23-17(19(30)15(29)8-10-25)22(33)35-16(9-11-26)20(31)18(24-13(2)28)21(32)34-14-6-4-3-5-7-14/h14-16,21-22,25-26,29-33H,3-11H2,1-2H3,(H,23,27)(H,24,28)/b19-17+,20-18-/t15-,16?,21?,22?/m0/s1. The van der Waals surface area contributed by atoms with Gasteiger partial charge in [0, 0.05) is 39.9 Å². The minimum Gasteiger partial charge on any atom is -0.508 e. The Morgan fingerprint density at radius 2 is 1.34 bits per heavy atom. The first-order valence-electron chi connectivity index (χ1n) is 11.5. The number of nitrogens with one attached hydrogen (secondary N) is 2. The molecule has 1 fully saturated rings. The molecule has 9 N–H and O–H groups in total. The van der Waals surface area contributed by atoms with Gasteiger partial charge in [-0.2, -0.15) is 0 Å². The molecule has 4 atom stereocenters. The van der Waals surface area contributed by atoms with Crippen molar-refractivity contribution in [1.29, 1.82) is 0 Å². The van der Waals surface area contributed by atoms with E-state index >= 15 is 0 Å². The number of aliphatic hydroxyl groups excluding tert-OH is 7. The third-order valence-corrected chi connectivity index (χ3v) is 5.25. The van der Waals surface area contributed by atoms with Gasteiger partial charge in [0.15, 0.2) is 6.29 Å². The molecule has 0 aliphatic heterocycles. The Kier molecular flexibility index (Phi) is 13.8. The van der Waals surface area contributed by atoms with Crippen LogP contribution in [0.2, 0.25) is 0 Å². The highest BCUT2D eigenvalue weighted by molar-refractivity contribution is 5.75. The molecule has 13 nitrogen and oxygen atoms in total. The van der Waals surface area contributed by atoms with Gasteiger partial charge >= 0.3 is 0 Å². The topological polar surface area (TPSA) is 218 Å². The summed E-state index contributed by atoms with van der Waals surface area (Å²) < 4.78 is 10.9. The number of amides is 2. The molecule has 0 radical (unpaired) electrons. The van der Waals surface area contributed by atoms with Gasteiger partial charge in [0.25, 0.3) is 0 Å². The van der Waals surface area contributed by atoms with E-state index in [9.17, 15) is 40.2 Å². The van der Waals surface area contributed by atoms with Crippen LogP contribution in [-0.4, -0.2) is 91.7 Å². The number of rotatable bonds is 14. The molecular formula is C22H38N2O11. The average Bonchev–Trinajstić information content (AvgIpc) is 2.80. The summed E-state index contributed by atoms with van der Waals surface area (Å²) in [6.45, 7) is 1.13. The molecule has 0 heterocycles. The van der Waals surface area contributed by atoms with Crippen molar-refractivity contribution in [3.63, 3.8) is 0 Å². The molecule has 0 aromatic carbocycles. The van der Waals surface area contributed by atoms with Crippen LogP contribution in [-0.2, 0) is 19.1 Å². The Morgan fingerprint density at radius 3 is 1.83 bits per heavy atom. The van der Waals surface area contributed by atoms with Gasteiger partial charge in [-0.25, -0.2) is 0 Å². The van der Waals surface area contributed by atoms with E-state index in [2.05, 4.69) is 10.6 Å². The maximum atomic E-state index is 11.7. The summed E-state index contributed by atoms with van der Waals surface area (Å²) in [6, 6.07) is 0. The van der Waals surface area contributed by atoms with E-state index in [4.69, 9.17) is 14.6 Å². The molecule has 13 heteroatoms. The van der Waals surface area contributed by atoms with Gasteiger partial charge in [-0.3, -0.25) is 9.59 Å². The lowest BCUT2D eigenvalue weighted by Crippen LogP contribution is -2.39. The quantitative estimate of drug-likeness (QED) is 0.106. The fourth-order valence-electron chi connectivity index (χ4n) is 3.56. The molecule has 0 spiro atoms. The van der Waals surface area contributed by atoms with E-state index < -0.39 is 72.7 Å². The van der Waals surface area contributed by atoms with E-state index in [1.165, 1.54) is 0 Å². The van der Waals surface area contributed by atoms with Crippen molar-refractivity contribution >= 4 is 11.8 Å². The molecule has 0 aromatic heterocycles. The Balaban J connectivity index is 3.26. The Morgan fingerprint density at radius 1 is 0.829 bits per heavy atom. The molecule has 1 rings (SSSR count). The number of hydrogen-bond acceptors (Lipinski definition) is 11. The summed E-state index contributed by atoms with van der Waals surface area (Å²) in [5.41, 5.74) is -1.11. The van der Waals surface area contributed by atoms with Gasteiger partial charge in [-0.05, 0) is 12.8 Å². The third kappa shape index (κ3) is 10.5. The second-order valence-electron chi connectivity index (χ2n) is 8.23. The second kappa shape index (κ2) is 15.7. The van der Waals surface area contributed by atoms with Crippen molar-refractivity contribution in [1.82, 2.24) is 10.6 Å². The van der Waals surface area contributed by atoms with Gasteiger partial charge in [0.05, 0.1) is 6.10 Å². The van der Waals surface area contributed by atoms with E-state index in [0.29, 0.717) is 12.8 Å². The second-order valence-corrected chi connectivity index (χ2v) is 8.23. The van der Waals surface area contributed by atoms with Crippen LogP contribution in [0.3, 0.4) is 0 Å². The lowest BCUT2D eigenvalue weighted by Gasteiger charge is -2.29. The first-order valence-corrected chi connectivity index (χ1v) is 11.5. The first-order chi connectivity index (χ1) is 16.5. The zero-order valence-corrected chi connectivity index (χ0v) is 20.0. The van der Waals surface area contributed by atoms with Crippen molar-refractivity contribution in [2.45, 2.75) is 89.7 Å². The van der Waals surface area contributed by atoms with Gasteiger partial charge in [-0.1, -0.05) is 19.3 Å². The van der Waals surface area contributed by atoms with Crippen molar-refractivity contribution in [2.24, 2.45) is 0 Å². The summed E-state index contributed by atoms with van der Waals surface area (Å²) >= 11 is 0. The zero-order chi connectivity index (χ0) is 26.5. The Bertz CT molecular complexity index is 750. The molecule has 202 valence electrons. The lowest BCUT2D eigenvalue weighted by atomic mass is 9.98. The fraction of sp³-hybridized carbons (Fsp3) is 0.727. The van der Waals surface area contributed by atoms with Crippen molar-refractivity contribution in [2.75, 3.05) is 13.2 Å². The molecule has 3 unspecified atom stereocenters. The summed E-state index contributed by atoms with van der Waals surface area (Å²) in [4.78, 5) is 23.3. The number of carbonyl (C=O) groups is 2. The smallest absolute Gasteiger partial charge is 0.221 e. The van der Waals surface area contributed by atoms with Crippen LogP contribution in [0.1, 0.15) is 58.8 Å². The summed E-state index contributed by atoms with van der Waals surface area (Å²) in [6.07, 6.45) is -3.86. The molecular weight excluding hydrogens is 468 g/mol. The van der Waals surface area contributed by atoms with Crippen molar-refractivity contribution < 1.29 is 54.8 Å². The summed E-state index contributed by atoms with van der Waals surface area (Å²) in [5, 5.41) is 74.9. The number of aliphatic hydroxyl groups is 7. The minimum atomic E-state index is -2.14. The highest BCUT2D eigenvalue weighted by atomic mass is 16.6. The minimum absolute atomic E-state index is 0.308. The largest absolute Gasteiger partial charge is 0.508 e. The molecule has 0 bridgehead atoms. The molecule has 1 saturated carbocycles. The first kappa shape index (κ1) is 30.8. The van der Waals surface area contributed by atoms with E-state index in [1.54, 1.807) is 0 Å². The molecule has 35 heavy (non-hydrogen) atoms. The number of carbonyl (C=O) groups excluding carboxylic acids is 2. The van der Waals surface area contributed by atoms with E-state index in [0.717, 1.165) is 33.1 Å². The molecule has 0 saturated heterocycles. The van der Waals surface area contributed by atoms with Crippen LogP contribution in [0.5, 0.6) is 0 Å². The number of hydrogen-bond donors (Lipinski definition) is 9. The van der Waals surface area contributed by atoms with Gasteiger partial charge in [0.1, 0.15) is 35.1 Å². The van der Waals surface area contributed by atoms with Crippen LogP contribution >= 0.6 is 0 Å². The van der Waals surface area contributed by atoms with Crippen molar-refractivity contribution in [3.05, 3.63) is 22.9 Å². The molecule has 0 aromatic rings. The monoisotopic (exact) mass is 506 g/mol. The predicted molar refractivity (Wildman–Crippen MR) is 121 cm³/mol. The van der Waals surface area contributed by atoms with Crippen LogP contribution in [0.4, 0.5) is 0 Å². The van der Waals surface area contributed by atoms with Crippen LogP contribution < -0.4 is 10.6 Å². The number of ether oxygens (including phenoxy) is 2. The van der Waals surface area contributed by atoms with E-state index in [-0.39, 0.29) is 18.9 Å². The third-order valence-electron chi connectivity index (χ3n) is 5.25. The highest BCUT2D eigenvalue weighted by Gasteiger charge is 2.31. The zero-order valence-electron chi connectivity index (χ0n) is 20.0. The maximum absolute atomic E-state index is 11.7. The van der Waals surface area contributed by atoms with Gasteiger partial charge in [-0.15, -0.1) is 0 Å². The van der Waals surface area contributed by atoms with Gasteiger partial charge in [0.2, 0.25) is 18.1 Å². The van der Waals surface area contributed by atoms with Crippen molar-refractivity contribution in [3.8, 4) is 0 Å². The normalized spacial score (nSPS) is 19.6. The molecule has 1 aliphatic rings. The Hall–Kier alpha value is -2.26.